The van der Waals surface area contributed by atoms with Crippen molar-refractivity contribution in [1.29, 1.82) is 0 Å². The van der Waals surface area contributed by atoms with Gasteiger partial charge in [-0.2, -0.15) is 0 Å². The fourth-order valence-corrected chi connectivity index (χ4v) is 4.50. The number of likely N-dealkylation sites (N-methyl/N-ethyl adjacent to an activating group) is 1. The number of rotatable bonds is 5. The van der Waals surface area contributed by atoms with Gasteiger partial charge in [0.05, 0.1) is 6.04 Å². The maximum Gasteiger partial charge on any atom is 0.173 e. The predicted octanol–water partition coefficient (Wildman–Crippen LogP) is 3.47. The Balaban J connectivity index is 0.00000225. The average molecular weight is 409 g/mol. The molecule has 1 saturated carbocycles. The lowest BCUT2D eigenvalue weighted by molar-refractivity contribution is 0.105. The largest absolute Gasteiger partial charge is 0.301 e. The minimum absolute atomic E-state index is 0. The Hall–Kier alpha value is -1.57. The minimum atomic E-state index is -0.234. The van der Waals surface area contributed by atoms with Crippen molar-refractivity contribution >= 4 is 12.4 Å². The zero-order valence-electron chi connectivity index (χ0n) is 16.5. The van der Waals surface area contributed by atoms with Gasteiger partial charge in [0.15, 0.2) is 5.82 Å². The molecule has 0 N–H and O–H groups in total. The third-order valence-corrected chi connectivity index (χ3v) is 6.10. The van der Waals surface area contributed by atoms with Crippen LogP contribution >= 0.6 is 12.4 Å². The van der Waals surface area contributed by atoms with Gasteiger partial charge in [0.25, 0.3) is 0 Å². The van der Waals surface area contributed by atoms with E-state index >= 15 is 0 Å². The highest BCUT2D eigenvalue weighted by Crippen LogP contribution is 2.34. The van der Waals surface area contributed by atoms with E-state index in [0.29, 0.717) is 11.6 Å². The van der Waals surface area contributed by atoms with Gasteiger partial charge in [-0.1, -0.05) is 44.4 Å². The molecular formula is C20H30ClFN6. The first-order valence-electron chi connectivity index (χ1n) is 10.3. The van der Waals surface area contributed by atoms with Crippen molar-refractivity contribution in [2.24, 2.45) is 0 Å². The standard InChI is InChI=1S/C20H29FN6.ClH/c1-2-25-12-14-26(15-13-25)19(17-10-6-7-11-18(17)21)20-22-23-24-27(20)16-8-4-3-5-9-16;/h6-7,10-11,16,19H,2-5,8-9,12-15H2,1H3;1H. The van der Waals surface area contributed by atoms with Gasteiger partial charge in [0.2, 0.25) is 0 Å². The fraction of sp³-hybridized carbons (Fsp3) is 0.650. The van der Waals surface area contributed by atoms with Crippen molar-refractivity contribution < 1.29 is 4.39 Å². The number of tetrazole rings is 1. The van der Waals surface area contributed by atoms with E-state index in [1.54, 1.807) is 12.1 Å². The molecule has 2 heterocycles. The lowest BCUT2D eigenvalue weighted by Crippen LogP contribution is -2.48. The molecule has 1 unspecified atom stereocenters. The first kappa shape index (κ1) is 21.1. The van der Waals surface area contributed by atoms with Gasteiger partial charge in [-0.05, 0) is 35.9 Å². The molecule has 154 valence electrons. The van der Waals surface area contributed by atoms with E-state index in [1.807, 2.05) is 16.8 Å². The molecule has 1 aromatic carbocycles. The van der Waals surface area contributed by atoms with Crippen molar-refractivity contribution in [2.45, 2.75) is 51.1 Å². The summed E-state index contributed by atoms with van der Waals surface area (Å²) >= 11 is 0. The zero-order chi connectivity index (χ0) is 18.6. The smallest absolute Gasteiger partial charge is 0.173 e. The Kier molecular flexibility index (Phi) is 7.37. The average Bonchev–Trinajstić information content (AvgIpc) is 3.20. The van der Waals surface area contributed by atoms with Gasteiger partial charge >= 0.3 is 0 Å². The molecule has 1 atom stereocenters. The molecule has 1 aliphatic heterocycles. The maximum atomic E-state index is 14.8. The summed E-state index contributed by atoms with van der Waals surface area (Å²) in [5, 5.41) is 12.7. The van der Waals surface area contributed by atoms with Gasteiger partial charge in [0, 0.05) is 31.7 Å². The Morgan fingerprint density at radius 3 is 2.46 bits per heavy atom. The van der Waals surface area contributed by atoms with E-state index in [0.717, 1.165) is 51.4 Å². The summed E-state index contributed by atoms with van der Waals surface area (Å²) in [5.74, 6) is 0.607. The monoisotopic (exact) mass is 408 g/mol. The van der Waals surface area contributed by atoms with Crippen LogP contribution in [0.15, 0.2) is 24.3 Å². The quantitative estimate of drug-likeness (QED) is 0.758. The number of aromatic nitrogens is 4. The number of hydrogen-bond donors (Lipinski definition) is 0. The lowest BCUT2D eigenvalue weighted by atomic mass is 9.95. The van der Waals surface area contributed by atoms with Crippen molar-refractivity contribution in [2.75, 3.05) is 32.7 Å². The highest BCUT2D eigenvalue weighted by Gasteiger charge is 2.33. The maximum absolute atomic E-state index is 14.8. The number of hydrogen-bond acceptors (Lipinski definition) is 5. The Bertz CT molecular complexity index is 740. The molecule has 4 rings (SSSR count). The molecule has 2 fully saturated rings. The van der Waals surface area contributed by atoms with Crippen molar-refractivity contribution in [1.82, 2.24) is 30.0 Å². The van der Waals surface area contributed by atoms with Crippen LogP contribution in [0.25, 0.3) is 0 Å². The summed E-state index contributed by atoms with van der Waals surface area (Å²) in [5.41, 5.74) is 0.675. The van der Waals surface area contributed by atoms with E-state index in [2.05, 4.69) is 32.2 Å². The number of benzene rings is 1. The molecular weight excluding hydrogens is 379 g/mol. The lowest BCUT2D eigenvalue weighted by Gasteiger charge is -2.39. The molecule has 2 aliphatic rings. The van der Waals surface area contributed by atoms with E-state index in [1.165, 1.54) is 19.3 Å². The molecule has 1 aliphatic carbocycles. The molecule has 0 bridgehead atoms. The first-order valence-corrected chi connectivity index (χ1v) is 10.3. The zero-order valence-corrected chi connectivity index (χ0v) is 17.3. The molecule has 1 aromatic heterocycles. The summed E-state index contributed by atoms with van der Waals surface area (Å²) in [6, 6.07) is 7.17. The van der Waals surface area contributed by atoms with E-state index in [-0.39, 0.29) is 24.3 Å². The van der Waals surface area contributed by atoms with Crippen LogP contribution in [0.2, 0.25) is 0 Å². The van der Waals surface area contributed by atoms with Crippen LogP contribution in [0.3, 0.4) is 0 Å². The van der Waals surface area contributed by atoms with Crippen LogP contribution in [-0.2, 0) is 0 Å². The van der Waals surface area contributed by atoms with Gasteiger partial charge < -0.3 is 4.90 Å². The molecule has 6 nitrogen and oxygen atoms in total. The predicted molar refractivity (Wildman–Crippen MR) is 109 cm³/mol. The van der Waals surface area contributed by atoms with E-state index < -0.39 is 0 Å². The highest BCUT2D eigenvalue weighted by molar-refractivity contribution is 5.85. The van der Waals surface area contributed by atoms with E-state index in [4.69, 9.17) is 0 Å². The first-order chi connectivity index (χ1) is 13.3. The van der Waals surface area contributed by atoms with Crippen LogP contribution in [0, 0.1) is 5.82 Å². The van der Waals surface area contributed by atoms with Crippen LogP contribution < -0.4 is 0 Å². The SMILES string of the molecule is CCN1CCN(C(c2ccccc2F)c2nnnn2C2CCCCC2)CC1.Cl. The summed E-state index contributed by atoms with van der Waals surface area (Å²) in [7, 11) is 0. The molecule has 0 radical (unpaired) electrons. The van der Waals surface area contributed by atoms with Gasteiger partial charge in [-0.3, -0.25) is 4.90 Å². The highest BCUT2D eigenvalue weighted by atomic mass is 35.5. The van der Waals surface area contributed by atoms with Gasteiger partial charge in [-0.25, -0.2) is 9.07 Å². The normalized spacial score (nSPS) is 20.6. The van der Waals surface area contributed by atoms with E-state index in [9.17, 15) is 4.39 Å². The second-order valence-electron chi connectivity index (χ2n) is 7.67. The summed E-state index contributed by atoms with van der Waals surface area (Å²) in [4.78, 5) is 4.77. The molecule has 1 saturated heterocycles. The van der Waals surface area contributed by atoms with Crippen molar-refractivity contribution in [3.8, 4) is 0 Å². The molecule has 0 spiro atoms. The Labute approximate surface area is 172 Å². The molecule has 8 heteroatoms. The summed E-state index contributed by atoms with van der Waals surface area (Å²) in [6.45, 7) is 7.01. The van der Waals surface area contributed by atoms with Crippen LogP contribution in [0.5, 0.6) is 0 Å². The molecule has 28 heavy (non-hydrogen) atoms. The Morgan fingerprint density at radius 1 is 1.07 bits per heavy atom. The van der Waals surface area contributed by atoms with Crippen LogP contribution in [0.4, 0.5) is 4.39 Å². The second-order valence-corrected chi connectivity index (χ2v) is 7.67. The summed E-state index contributed by atoms with van der Waals surface area (Å²) < 4.78 is 16.8. The second kappa shape index (κ2) is 9.76. The third-order valence-electron chi connectivity index (χ3n) is 6.10. The number of piperazine rings is 1. The van der Waals surface area contributed by atoms with Crippen LogP contribution in [0.1, 0.15) is 62.5 Å². The number of halogens is 2. The molecule has 2 aromatic rings. The number of nitrogens with zero attached hydrogens (tertiary/aromatic N) is 6. The fourth-order valence-electron chi connectivity index (χ4n) is 4.50. The third kappa shape index (κ3) is 4.36. The van der Waals surface area contributed by atoms with Gasteiger partial charge in [-0.15, -0.1) is 17.5 Å². The van der Waals surface area contributed by atoms with Crippen LogP contribution in [-0.4, -0.2) is 62.7 Å². The van der Waals surface area contributed by atoms with Crippen molar-refractivity contribution in [3.05, 3.63) is 41.5 Å². The van der Waals surface area contributed by atoms with Gasteiger partial charge in [0.1, 0.15) is 11.9 Å². The van der Waals surface area contributed by atoms with Crippen molar-refractivity contribution in [3.63, 3.8) is 0 Å². The minimum Gasteiger partial charge on any atom is -0.301 e. The summed E-state index contributed by atoms with van der Waals surface area (Å²) in [6.07, 6.45) is 5.91. The molecule has 0 amide bonds. The topological polar surface area (TPSA) is 50.1 Å². The Morgan fingerprint density at radius 2 is 1.79 bits per heavy atom.